The van der Waals surface area contributed by atoms with Gasteiger partial charge in [0.2, 0.25) is 0 Å². The quantitative estimate of drug-likeness (QED) is 0.437. The van der Waals surface area contributed by atoms with Crippen LogP contribution >= 0.6 is 0 Å². The monoisotopic (exact) mass is 440 g/mol. The Bertz CT molecular complexity index is 884. The molecule has 0 unspecified atom stereocenters. The fourth-order valence-corrected chi connectivity index (χ4v) is 3.21. The Morgan fingerprint density at radius 1 is 1.26 bits per heavy atom. The van der Waals surface area contributed by atoms with E-state index >= 15 is 0 Å². The second-order valence-corrected chi connectivity index (χ2v) is 8.23. The molecule has 1 aromatic rings. The smallest absolute Gasteiger partial charge is 0.351 e. The molecule has 172 valence electrons. The van der Waals surface area contributed by atoms with Crippen LogP contribution in [0.3, 0.4) is 0 Å². The van der Waals surface area contributed by atoms with Gasteiger partial charge in [-0.25, -0.2) is 15.1 Å². The van der Waals surface area contributed by atoms with Crippen molar-refractivity contribution in [1.29, 1.82) is 0 Å². The number of aromatic nitrogens is 2. The van der Waals surface area contributed by atoms with Gasteiger partial charge in [0, 0.05) is 12.3 Å². The zero-order chi connectivity index (χ0) is 22.9. The molecule has 0 radical (unpaired) electrons. The van der Waals surface area contributed by atoms with Crippen molar-refractivity contribution >= 4 is 17.8 Å². The predicted molar refractivity (Wildman–Crippen MR) is 105 cm³/mol. The molecular weight excluding hydrogens is 412 g/mol. The molecule has 0 saturated carbocycles. The van der Waals surface area contributed by atoms with E-state index in [4.69, 9.17) is 29.5 Å². The van der Waals surface area contributed by atoms with Gasteiger partial charge in [0.25, 0.3) is 0 Å². The lowest BCUT2D eigenvalue weighted by Crippen LogP contribution is -2.35. The summed E-state index contributed by atoms with van der Waals surface area (Å²) in [5.74, 6) is -2.23. The van der Waals surface area contributed by atoms with Gasteiger partial charge in [-0.05, 0) is 20.8 Å². The van der Waals surface area contributed by atoms with Gasteiger partial charge in [0.1, 0.15) is 31.0 Å². The Morgan fingerprint density at radius 3 is 2.55 bits per heavy atom. The number of nitrogens with two attached hydrogens (primary N) is 1. The molecule has 12 nitrogen and oxygen atoms in total. The molecular formula is C19H28N4O8. The molecule has 1 aromatic heterocycles. The van der Waals surface area contributed by atoms with Gasteiger partial charge in [-0.15, -0.1) is 0 Å². The largest absolute Gasteiger partial charge is 0.463 e. The van der Waals surface area contributed by atoms with E-state index in [-0.39, 0.29) is 24.3 Å². The molecule has 0 amide bonds. The first-order chi connectivity index (χ1) is 14.5. The first-order valence-corrected chi connectivity index (χ1v) is 9.97. The lowest BCUT2D eigenvalue weighted by molar-refractivity contribution is -0.203. The molecule has 3 rings (SSSR count). The molecule has 2 fully saturated rings. The number of rotatable bonds is 7. The molecule has 0 spiro atoms. The number of fused-ring (bicyclic) bond motifs is 1. The van der Waals surface area contributed by atoms with Crippen LogP contribution in [0.25, 0.3) is 0 Å². The number of nitrogens with zero attached hydrogens (tertiary/aromatic N) is 2. The fraction of sp³-hybridized carbons (Fsp3) is 0.684. The molecule has 0 bridgehead atoms. The van der Waals surface area contributed by atoms with Gasteiger partial charge in [-0.2, -0.15) is 4.98 Å². The van der Waals surface area contributed by atoms with Crippen LogP contribution < -0.4 is 16.9 Å². The second kappa shape index (κ2) is 8.91. The number of anilines is 1. The maximum Gasteiger partial charge on any atom is 0.351 e. The third-order valence-electron chi connectivity index (χ3n) is 4.72. The van der Waals surface area contributed by atoms with Crippen LogP contribution in [0.4, 0.5) is 5.82 Å². The lowest BCUT2D eigenvalue weighted by Gasteiger charge is -2.25. The van der Waals surface area contributed by atoms with Crippen LogP contribution in [0.1, 0.15) is 40.8 Å². The highest BCUT2D eigenvalue weighted by atomic mass is 16.8. The number of hydrogen-bond acceptors (Lipinski definition) is 11. The highest BCUT2D eigenvalue weighted by molar-refractivity contribution is 5.75. The highest BCUT2D eigenvalue weighted by Crippen LogP contribution is 2.42. The molecule has 2 aliphatic heterocycles. The average Bonchev–Trinajstić information content (AvgIpc) is 3.17. The Balaban J connectivity index is 1.75. The molecule has 12 heteroatoms. The van der Waals surface area contributed by atoms with Crippen LogP contribution in [0.5, 0.6) is 0 Å². The minimum absolute atomic E-state index is 0.0242. The highest BCUT2D eigenvalue weighted by Gasteiger charge is 2.56. The number of ether oxygens (including phenoxy) is 4. The van der Waals surface area contributed by atoms with Crippen molar-refractivity contribution in [3.05, 3.63) is 22.7 Å². The number of esters is 1. The van der Waals surface area contributed by atoms with E-state index in [1.54, 1.807) is 27.7 Å². The predicted octanol–water partition coefficient (Wildman–Crippen LogP) is 0.0773. The van der Waals surface area contributed by atoms with Crippen molar-refractivity contribution in [3.8, 4) is 0 Å². The summed E-state index contributed by atoms with van der Waals surface area (Å²) in [6.45, 7) is 8.38. The lowest BCUT2D eigenvalue weighted by atomic mass is 10.1. The van der Waals surface area contributed by atoms with Crippen LogP contribution in [0.2, 0.25) is 0 Å². The van der Waals surface area contributed by atoms with Crippen molar-refractivity contribution in [2.24, 2.45) is 11.7 Å². The number of hydrogen-bond donors (Lipinski definition) is 2. The van der Waals surface area contributed by atoms with Crippen LogP contribution in [-0.2, 0) is 33.4 Å². The summed E-state index contributed by atoms with van der Waals surface area (Å²) in [5.41, 5.74) is 7.03. The summed E-state index contributed by atoms with van der Waals surface area (Å²) in [6, 6.07) is 0.600. The van der Waals surface area contributed by atoms with Gasteiger partial charge in [0.05, 0.1) is 5.92 Å². The minimum Gasteiger partial charge on any atom is -0.463 e. The zero-order valence-electron chi connectivity index (χ0n) is 18.1. The second-order valence-electron chi connectivity index (χ2n) is 8.23. The number of nitrogens with one attached hydrogen (secondary N) is 1. The maximum atomic E-state index is 12.6. The molecule has 0 aromatic carbocycles. The van der Waals surface area contributed by atoms with E-state index in [0.29, 0.717) is 0 Å². The number of carbonyl (C=O) groups excluding carboxylic acids is 2. The van der Waals surface area contributed by atoms with E-state index in [9.17, 15) is 14.4 Å². The topological polar surface area (TPSA) is 153 Å². The SMILES string of the molecule is CC(C)C(=O)OC[C@H]1O[C@@H](n2ccc(NOC(=O)[C@H](C)N)nc2=O)[C@@H]2OC(C)(C)O[C@@H]21. The first kappa shape index (κ1) is 23.1. The van der Waals surface area contributed by atoms with Crippen molar-refractivity contribution in [2.45, 2.75) is 71.0 Å². The van der Waals surface area contributed by atoms with Crippen molar-refractivity contribution in [1.82, 2.24) is 9.55 Å². The summed E-state index contributed by atoms with van der Waals surface area (Å²) in [5, 5.41) is 0. The summed E-state index contributed by atoms with van der Waals surface area (Å²) < 4.78 is 24.4. The van der Waals surface area contributed by atoms with E-state index in [1.807, 2.05) is 0 Å². The standard InChI is InChI=1S/C19H28N4O8/c1-9(2)16(24)27-8-11-13-14(30-19(4,5)29-13)15(28-11)23-7-6-12(21-18(23)26)22-31-17(25)10(3)20/h6-7,9-11,13-15H,8,20H2,1-5H3,(H,21,22,26)/t10-,11+,13+,14+,15+/m0/s1. The van der Waals surface area contributed by atoms with Gasteiger partial charge in [-0.3, -0.25) is 9.36 Å². The summed E-state index contributed by atoms with van der Waals surface area (Å²) >= 11 is 0. The third-order valence-corrected chi connectivity index (χ3v) is 4.72. The summed E-state index contributed by atoms with van der Waals surface area (Å²) in [7, 11) is 0. The zero-order valence-corrected chi connectivity index (χ0v) is 18.1. The molecule has 2 aliphatic rings. The summed E-state index contributed by atoms with van der Waals surface area (Å²) in [6.07, 6.45) is -1.22. The molecule has 2 saturated heterocycles. The van der Waals surface area contributed by atoms with Crippen molar-refractivity contribution < 1.29 is 33.4 Å². The Hall–Kier alpha value is -2.54. The Kier molecular flexibility index (Phi) is 6.65. The maximum absolute atomic E-state index is 12.6. The van der Waals surface area contributed by atoms with Crippen LogP contribution in [0, 0.1) is 5.92 Å². The van der Waals surface area contributed by atoms with E-state index in [0.717, 1.165) is 0 Å². The molecule has 3 N–H and O–H groups in total. The average molecular weight is 440 g/mol. The minimum atomic E-state index is -0.899. The normalized spacial score (nSPS) is 27.6. The van der Waals surface area contributed by atoms with Crippen LogP contribution in [0.15, 0.2) is 17.1 Å². The molecule has 0 aliphatic carbocycles. The van der Waals surface area contributed by atoms with E-state index in [2.05, 4.69) is 10.5 Å². The molecule has 3 heterocycles. The van der Waals surface area contributed by atoms with Gasteiger partial charge < -0.3 is 29.5 Å². The van der Waals surface area contributed by atoms with Gasteiger partial charge in [0.15, 0.2) is 17.8 Å². The fourth-order valence-electron chi connectivity index (χ4n) is 3.21. The summed E-state index contributed by atoms with van der Waals surface area (Å²) in [4.78, 5) is 44.5. The van der Waals surface area contributed by atoms with E-state index < -0.39 is 48.0 Å². The molecule has 5 atom stereocenters. The Morgan fingerprint density at radius 2 is 1.94 bits per heavy atom. The van der Waals surface area contributed by atoms with Crippen molar-refractivity contribution in [3.63, 3.8) is 0 Å². The van der Waals surface area contributed by atoms with Crippen molar-refractivity contribution in [2.75, 3.05) is 12.1 Å². The Labute approximate surface area is 178 Å². The third kappa shape index (κ3) is 5.21. The number of carbonyl (C=O) groups is 2. The van der Waals surface area contributed by atoms with Gasteiger partial charge in [-0.1, -0.05) is 13.8 Å². The van der Waals surface area contributed by atoms with Crippen LogP contribution in [-0.4, -0.2) is 58.2 Å². The van der Waals surface area contributed by atoms with E-state index in [1.165, 1.54) is 23.8 Å². The van der Waals surface area contributed by atoms with Gasteiger partial charge >= 0.3 is 17.6 Å². The first-order valence-electron chi connectivity index (χ1n) is 9.97. The molecule has 31 heavy (non-hydrogen) atoms.